The van der Waals surface area contributed by atoms with Gasteiger partial charge in [0.25, 0.3) is 0 Å². The molecule has 32 heavy (non-hydrogen) atoms. The Morgan fingerprint density at radius 1 is 0.625 bits per heavy atom. The Hall–Kier alpha value is -1.63. The average molecular weight is 459 g/mol. The molecule has 188 valence electrons. The molecule has 0 aromatic carbocycles. The van der Waals surface area contributed by atoms with Crippen molar-refractivity contribution < 1.29 is 33.3 Å². The third-order valence-corrected chi connectivity index (χ3v) is 5.34. The molecule has 0 saturated heterocycles. The number of hydrogen-bond acceptors (Lipinski definition) is 7. The molecule has 0 bridgehead atoms. The molecular weight excluding hydrogens is 412 g/mol. The lowest BCUT2D eigenvalue weighted by molar-refractivity contribution is -0.172. The van der Waals surface area contributed by atoms with Gasteiger partial charge in [0.2, 0.25) is 0 Å². The molecule has 2 unspecified atom stereocenters. The van der Waals surface area contributed by atoms with Gasteiger partial charge in [-0.1, -0.05) is 64.7 Å². The Labute approximate surface area is 194 Å². The van der Waals surface area contributed by atoms with Crippen molar-refractivity contribution in [2.45, 2.75) is 123 Å². The molecule has 0 amide bonds. The summed E-state index contributed by atoms with van der Waals surface area (Å²) in [5.41, 5.74) is 0. The minimum absolute atomic E-state index is 0.161. The van der Waals surface area contributed by atoms with Crippen molar-refractivity contribution in [1.29, 1.82) is 0 Å². The predicted molar refractivity (Wildman–Crippen MR) is 124 cm³/mol. The van der Waals surface area contributed by atoms with Gasteiger partial charge in [0.05, 0.1) is 13.2 Å². The summed E-state index contributed by atoms with van der Waals surface area (Å²) in [6, 6.07) is 0. The fourth-order valence-electron chi connectivity index (χ4n) is 3.10. The van der Waals surface area contributed by atoms with Crippen LogP contribution in [0.2, 0.25) is 0 Å². The molecule has 7 nitrogen and oxygen atoms in total. The normalized spacial score (nSPS) is 12.8. The lowest BCUT2D eigenvalue weighted by Crippen LogP contribution is -2.31. The van der Waals surface area contributed by atoms with Crippen LogP contribution in [0.4, 0.5) is 0 Å². The van der Waals surface area contributed by atoms with Gasteiger partial charge in [0, 0.05) is 13.5 Å². The molecule has 0 aliphatic heterocycles. The molecule has 0 spiro atoms. The van der Waals surface area contributed by atoms with Crippen LogP contribution in [-0.4, -0.2) is 50.4 Å². The fourth-order valence-corrected chi connectivity index (χ4v) is 3.10. The van der Waals surface area contributed by atoms with E-state index >= 15 is 0 Å². The molecule has 0 aromatic heterocycles. The van der Waals surface area contributed by atoms with Crippen molar-refractivity contribution >= 4 is 17.9 Å². The summed E-state index contributed by atoms with van der Waals surface area (Å²) < 4.78 is 20.2. The van der Waals surface area contributed by atoms with E-state index in [0.717, 1.165) is 19.3 Å². The van der Waals surface area contributed by atoms with E-state index in [1.807, 2.05) is 0 Å². The van der Waals surface area contributed by atoms with Crippen LogP contribution in [0, 0.1) is 0 Å². The van der Waals surface area contributed by atoms with Gasteiger partial charge in [0.15, 0.2) is 12.2 Å². The van der Waals surface area contributed by atoms with Gasteiger partial charge in [-0.05, 0) is 39.5 Å². The predicted octanol–water partition coefficient (Wildman–Crippen LogP) is 5.52. The first-order chi connectivity index (χ1) is 15.4. The zero-order chi connectivity index (χ0) is 24.0. The highest BCUT2D eigenvalue weighted by Crippen LogP contribution is 2.11. The largest absolute Gasteiger partial charge is 0.466 e. The molecule has 0 radical (unpaired) electrons. The maximum atomic E-state index is 11.8. The molecule has 0 fully saturated rings. The van der Waals surface area contributed by atoms with Gasteiger partial charge in [-0.2, -0.15) is 0 Å². The van der Waals surface area contributed by atoms with Crippen LogP contribution in [0.25, 0.3) is 0 Å². The zero-order valence-electron chi connectivity index (χ0n) is 20.8. The van der Waals surface area contributed by atoms with Crippen LogP contribution in [-0.2, 0) is 33.3 Å². The summed E-state index contributed by atoms with van der Waals surface area (Å²) >= 11 is 0. The van der Waals surface area contributed by atoms with Crippen molar-refractivity contribution in [1.82, 2.24) is 0 Å². The van der Waals surface area contributed by atoms with E-state index in [9.17, 15) is 14.4 Å². The van der Waals surface area contributed by atoms with Crippen molar-refractivity contribution in [3.05, 3.63) is 0 Å². The Morgan fingerprint density at radius 3 is 1.69 bits per heavy atom. The highest BCUT2D eigenvalue weighted by Gasteiger charge is 2.22. The third-order valence-electron chi connectivity index (χ3n) is 5.34. The third kappa shape index (κ3) is 18.0. The lowest BCUT2D eigenvalue weighted by atomic mass is 10.1. The minimum atomic E-state index is -0.971. The maximum absolute atomic E-state index is 11.8. The number of esters is 3. The van der Waals surface area contributed by atoms with Crippen molar-refractivity contribution in [3.8, 4) is 0 Å². The average Bonchev–Trinajstić information content (AvgIpc) is 2.78. The number of methoxy groups -OCH3 is 1. The SMILES string of the molecule is CCCCCCCCCCCCOC(=O)CCCCCOC(=O)C(C)OC(=O)C(C)OC. The summed E-state index contributed by atoms with van der Waals surface area (Å²) in [7, 11) is 1.39. The number of carbonyl (C=O) groups excluding carboxylic acids is 3. The standard InChI is InChI=1S/C25H46O7/c1-5-6-7-8-9-10-11-12-13-16-19-30-23(26)18-15-14-17-20-31-24(27)22(3)32-25(28)21(2)29-4/h21-22H,5-20H2,1-4H3. The highest BCUT2D eigenvalue weighted by atomic mass is 16.6. The second-order valence-electron chi connectivity index (χ2n) is 8.34. The van der Waals surface area contributed by atoms with E-state index in [1.54, 1.807) is 6.92 Å². The van der Waals surface area contributed by atoms with Crippen LogP contribution in [0.3, 0.4) is 0 Å². The Kier molecular flexibility index (Phi) is 20.1. The summed E-state index contributed by atoms with van der Waals surface area (Å²) in [5, 5.41) is 0. The molecule has 0 rings (SSSR count). The first-order valence-corrected chi connectivity index (χ1v) is 12.5. The van der Waals surface area contributed by atoms with E-state index in [0.29, 0.717) is 25.9 Å². The Bertz CT molecular complexity index is 493. The smallest absolute Gasteiger partial charge is 0.347 e. The van der Waals surface area contributed by atoms with Gasteiger partial charge in [-0.15, -0.1) is 0 Å². The first-order valence-electron chi connectivity index (χ1n) is 12.5. The number of unbranched alkanes of at least 4 members (excludes halogenated alkanes) is 11. The molecule has 0 saturated carbocycles. The second kappa shape index (κ2) is 21.2. The quantitative estimate of drug-likeness (QED) is 0.127. The maximum Gasteiger partial charge on any atom is 0.347 e. The molecule has 2 atom stereocenters. The summed E-state index contributed by atoms with van der Waals surface area (Å²) in [4.78, 5) is 35.1. The van der Waals surface area contributed by atoms with E-state index < -0.39 is 24.1 Å². The summed E-state index contributed by atoms with van der Waals surface area (Å²) in [6.45, 7) is 5.98. The van der Waals surface area contributed by atoms with Crippen molar-refractivity contribution in [2.75, 3.05) is 20.3 Å². The van der Waals surface area contributed by atoms with Crippen LogP contribution < -0.4 is 0 Å². The van der Waals surface area contributed by atoms with Gasteiger partial charge in [0.1, 0.15) is 0 Å². The van der Waals surface area contributed by atoms with Gasteiger partial charge < -0.3 is 18.9 Å². The van der Waals surface area contributed by atoms with E-state index in [2.05, 4.69) is 6.92 Å². The van der Waals surface area contributed by atoms with E-state index in [4.69, 9.17) is 18.9 Å². The fraction of sp³-hybridized carbons (Fsp3) is 0.880. The lowest BCUT2D eigenvalue weighted by Gasteiger charge is -2.15. The first kappa shape index (κ1) is 30.4. The van der Waals surface area contributed by atoms with Crippen LogP contribution in [0.5, 0.6) is 0 Å². The zero-order valence-corrected chi connectivity index (χ0v) is 20.8. The molecular formula is C25H46O7. The van der Waals surface area contributed by atoms with Crippen LogP contribution in [0.1, 0.15) is 111 Å². The Morgan fingerprint density at radius 2 is 1.12 bits per heavy atom. The summed E-state index contributed by atoms with van der Waals surface area (Å²) in [6.07, 6.45) is 13.4. The molecule has 7 heteroatoms. The van der Waals surface area contributed by atoms with Crippen molar-refractivity contribution in [3.63, 3.8) is 0 Å². The van der Waals surface area contributed by atoms with E-state index in [-0.39, 0.29) is 12.6 Å². The molecule has 0 N–H and O–H groups in total. The molecule has 0 heterocycles. The van der Waals surface area contributed by atoms with Crippen molar-refractivity contribution in [2.24, 2.45) is 0 Å². The minimum Gasteiger partial charge on any atom is -0.466 e. The molecule has 0 aliphatic carbocycles. The number of rotatable bonds is 21. The number of carbonyl (C=O) groups is 3. The topological polar surface area (TPSA) is 88.1 Å². The highest BCUT2D eigenvalue weighted by molar-refractivity contribution is 5.80. The molecule has 0 aliphatic rings. The Balaban J connectivity index is 3.49. The van der Waals surface area contributed by atoms with Gasteiger partial charge >= 0.3 is 17.9 Å². The van der Waals surface area contributed by atoms with Crippen LogP contribution >= 0.6 is 0 Å². The van der Waals surface area contributed by atoms with Crippen LogP contribution in [0.15, 0.2) is 0 Å². The number of ether oxygens (including phenoxy) is 4. The second-order valence-corrected chi connectivity index (χ2v) is 8.34. The monoisotopic (exact) mass is 458 g/mol. The van der Waals surface area contributed by atoms with Gasteiger partial charge in [-0.3, -0.25) is 4.79 Å². The number of hydrogen-bond donors (Lipinski definition) is 0. The molecule has 0 aromatic rings. The summed E-state index contributed by atoms with van der Waals surface area (Å²) in [5.74, 6) is -1.35. The van der Waals surface area contributed by atoms with E-state index in [1.165, 1.54) is 65.4 Å². The van der Waals surface area contributed by atoms with Gasteiger partial charge in [-0.25, -0.2) is 9.59 Å².